The Morgan fingerprint density at radius 2 is 1.97 bits per heavy atom. The Labute approximate surface area is 169 Å². The van der Waals surface area contributed by atoms with Gasteiger partial charge in [0.25, 0.3) is 5.56 Å². The molecule has 1 aromatic rings. The topological polar surface area (TPSA) is 118 Å². The molecule has 1 saturated carbocycles. The number of piperazine rings is 1. The highest BCUT2D eigenvalue weighted by atomic mass is 16.2. The molecule has 3 amide bonds. The number of carbonyl (C=O) groups is 3. The van der Waals surface area contributed by atoms with Crippen LogP contribution in [0.25, 0.3) is 0 Å². The molecule has 0 spiro atoms. The van der Waals surface area contributed by atoms with E-state index in [-0.39, 0.29) is 60.3 Å². The van der Waals surface area contributed by atoms with E-state index in [0.717, 1.165) is 25.7 Å². The zero-order valence-corrected chi connectivity index (χ0v) is 17.0. The lowest BCUT2D eigenvalue weighted by Crippen LogP contribution is -2.58. The summed E-state index contributed by atoms with van der Waals surface area (Å²) in [7, 11) is 0. The molecule has 0 aromatic carbocycles. The lowest BCUT2D eigenvalue weighted by Gasteiger charge is -2.40. The highest BCUT2D eigenvalue weighted by Gasteiger charge is 2.49. The maximum atomic E-state index is 12.9. The number of aromatic amines is 2. The Bertz CT molecular complexity index is 870. The second-order valence-corrected chi connectivity index (χ2v) is 8.54. The van der Waals surface area contributed by atoms with E-state index < -0.39 is 0 Å². The average molecular weight is 403 g/mol. The number of hydrogen-bond donors (Lipinski definition) is 3. The maximum Gasteiger partial charge on any atom is 0.267 e. The van der Waals surface area contributed by atoms with Crippen molar-refractivity contribution >= 4 is 17.7 Å². The molecule has 1 aliphatic carbocycles. The molecule has 3 heterocycles. The van der Waals surface area contributed by atoms with E-state index in [1.54, 1.807) is 6.92 Å². The Morgan fingerprint density at radius 1 is 1.21 bits per heavy atom. The van der Waals surface area contributed by atoms with E-state index in [1.165, 1.54) is 4.90 Å². The van der Waals surface area contributed by atoms with Crippen LogP contribution in [0, 0.1) is 12.8 Å². The smallest absolute Gasteiger partial charge is 0.267 e. The van der Waals surface area contributed by atoms with Gasteiger partial charge in [0.15, 0.2) is 0 Å². The number of hydrogen-bond acceptors (Lipinski definition) is 4. The fraction of sp³-hybridized carbons (Fsp3) is 0.700. The van der Waals surface area contributed by atoms with Crippen molar-refractivity contribution in [2.75, 3.05) is 13.1 Å². The molecule has 9 heteroatoms. The van der Waals surface area contributed by atoms with Gasteiger partial charge in [0, 0.05) is 29.9 Å². The van der Waals surface area contributed by atoms with Crippen LogP contribution < -0.4 is 10.9 Å². The molecule has 158 valence electrons. The minimum atomic E-state index is -0.305. The Hall–Kier alpha value is -2.58. The largest absolute Gasteiger partial charge is 0.353 e. The Morgan fingerprint density at radius 3 is 2.55 bits per heavy atom. The van der Waals surface area contributed by atoms with Gasteiger partial charge in [-0.25, -0.2) is 0 Å². The van der Waals surface area contributed by atoms with Crippen LogP contribution in [0.4, 0.5) is 0 Å². The van der Waals surface area contributed by atoms with Crippen LogP contribution >= 0.6 is 0 Å². The van der Waals surface area contributed by atoms with E-state index in [2.05, 4.69) is 15.5 Å². The van der Waals surface area contributed by atoms with Gasteiger partial charge >= 0.3 is 0 Å². The molecule has 3 aliphatic rings. The zero-order valence-electron chi connectivity index (χ0n) is 17.0. The molecular formula is C20H29N5O4. The van der Waals surface area contributed by atoms with Crippen molar-refractivity contribution in [3.63, 3.8) is 0 Å². The minimum Gasteiger partial charge on any atom is -0.353 e. The zero-order chi connectivity index (χ0) is 20.7. The Kier molecular flexibility index (Phi) is 5.23. The molecule has 3 atom stereocenters. The summed E-state index contributed by atoms with van der Waals surface area (Å²) >= 11 is 0. The first-order valence-electron chi connectivity index (χ1n) is 10.5. The highest BCUT2D eigenvalue weighted by molar-refractivity contribution is 5.89. The molecule has 0 unspecified atom stereocenters. The highest BCUT2D eigenvalue weighted by Crippen LogP contribution is 2.35. The number of carbonyl (C=O) groups excluding carboxylic acids is 3. The van der Waals surface area contributed by atoms with E-state index >= 15 is 0 Å². The van der Waals surface area contributed by atoms with Gasteiger partial charge in [0.05, 0.1) is 24.9 Å². The predicted molar refractivity (Wildman–Crippen MR) is 105 cm³/mol. The number of nitrogens with zero attached hydrogens (tertiary/aromatic N) is 2. The standard InChI is InChI=1S/C20H29N5O4/c1-3-16-15(19(28)21-12-5-4-6-12)7-13-9-24(10-18(27)25(13)16)17(26)8-14-11(2)22-23-20(14)29/h12-13,15-16H,3-10H2,1-2H3,(H,21,28)(H2,22,23,29)/t13-,15-,16-/m0/s1. The summed E-state index contributed by atoms with van der Waals surface area (Å²) in [6.45, 7) is 4.15. The fourth-order valence-corrected chi connectivity index (χ4v) is 4.90. The van der Waals surface area contributed by atoms with Gasteiger partial charge < -0.3 is 20.2 Å². The Balaban J connectivity index is 1.45. The van der Waals surface area contributed by atoms with Gasteiger partial charge in [-0.2, -0.15) is 0 Å². The number of amides is 3. The second kappa shape index (κ2) is 7.68. The van der Waals surface area contributed by atoms with Crippen LogP contribution in [0.15, 0.2) is 4.79 Å². The molecule has 29 heavy (non-hydrogen) atoms. The van der Waals surface area contributed by atoms with E-state index in [9.17, 15) is 19.2 Å². The number of rotatable bonds is 5. The summed E-state index contributed by atoms with van der Waals surface area (Å²) < 4.78 is 0. The number of nitrogens with one attached hydrogen (secondary N) is 3. The predicted octanol–water partition coefficient (Wildman–Crippen LogP) is 0.0605. The monoisotopic (exact) mass is 403 g/mol. The van der Waals surface area contributed by atoms with Gasteiger partial charge in [-0.3, -0.25) is 24.3 Å². The third-order valence-corrected chi connectivity index (χ3v) is 6.76. The van der Waals surface area contributed by atoms with Crippen molar-refractivity contribution < 1.29 is 14.4 Å². The third kappa shape index (κ3) is 3.58. The normalized spacial score (nSPS) is 27.0. The SMILES string of the molecule is CC[C@H]1[C@@H](C(=O)NC2CCC2)C[C@H]2CN(C(=O)Cc3c(C)[nH][nH]c3=O)CC(=O)N21. The second-order valence-electron chi connectivity index (χ2n) is 8.54. The molecule has 0 bridgehead atoms. The van der Waals surface area contributed by atoms with Crippen LogP contribution in [-0.2, 0) is 20.8 Å². The van der Waals surface area contributed by atoms with Gasteiger partial charge in [-0.05, 0) is 39.0 Å². The van der Waals surface area contributed by atoms with Crippen LogP contribution in [0.5, 0.6) is 0 Å². The summed E-state index contributed by atoms with van der Waals surface area (Å²) in [4.78, 5) is 53.7. The molecule has 3 fully saturated rings. The molecular weight excluding hydrogens is 374 g/mol. The van der Waals surface area contributed by atoms with Gasteiger partial charge in [-0.1, -0.05) is 6.92 Å². The fourth-order valence-electron chi connectivity index (χ4n) is 4.90. The van der Waals surface area contributed by atoms with Crippen LogP contribution in [0.2, 0.25) is 0 Å². The first-order chi connectivity index (χ1) is 13.9. The number of aromatic nitrogens is 2. The van der Waals surface area contributed by atoms with Gasteiger partial charge in [0.2, 0.25) is 17.7 Å². The van der Waals surface area contributed by atoms with Crippen molar-refractivity contribution in [1.29, 1.82) is 0 Å². The van der Waals surface area contributed by atoms with Crippen molar-refractivity contribution in [1.82, 2.24) is 25.3 Å². The molecule has 2 aliphatic heterocycles. The van der Waals surface area contributed by atoms with Crippen LogP contribution in [0.1, 0.15) is 50.3 Å². The van der Waals surface area contributed by atoms with E-state index in [4.69, 9.17) is 0 Å². The van der Waals surface area contributed by atoms with Crippen LogP contribution in [0.3, 0.4) is 0 Å². The third-order valence-electron chi connectivity index (χ3n) is 6.76. The van der Waals surface area contributed by atoms with Crippen molar-refractivity contribution in [2.45, 2.75) is 70.5 Å². The minimum absolute atomic E-state index is 0.00414. The summed E-state index contributed by atoms with van der Waals surface area (Å²) in [5.74, 6) is -0.530. The average Bonchev–Trinajstić information content (AvgIpc) is 3.19. The summed E-state index contributed by atoms with van der Waals surface area (Å²) in [6, 6.07) is 0.0154. The van der Waals surface area contributed by atoms with E-state index in [1.807, 2.05) is 11.8 Å². The van der Waals surface area contributed by atoms with Crippen molar-refractivity contribution in [2.24, 2.45) is 5.92 Å². The molecule has 2 saturated heterocycles. The molecule has 9 nitrogen and oxygen atoms in total. The van der Waals surface area contributed by atoms with Gasteiger partial charge in [0.1, 0.15) is 0 Å². The van der Waals surface area contributed by atoms with Crippen LogP contribution in [-0.4, -0.2) is 68.9 Å². The molecule has 3 N–H and O–H groups in total. The van der Waals surface area contributed by atoms with Crippen molar-refractivity contribution in [3.8, 4) is 0 Å². The first kappa shape index (κ1) is 19.7. The number of fused-ring (bicyclic) bond motifs is 1. The number of aryl methyl sites for hydroxylation is 1. The lowest BCUT2D eigenvalue weighted by atomic mass is 9.90. The molecule has 4 rings (SSSR count). The van der Waals surface area contributed by atoms with Crippen molar-refractivity contribution in [3.05, 3.63) is 21.6 Å². The summed E-state index contributed by atoms with van der Waals surface area (Å²) in [5, 5.41) is 8.32. The molecule has 0 radical (unpaired) electrons. The molecule has 1 aromatic heterocycles. The lowest BCUT2D eigenvalue weighted by molar-refractivity contribution is -0.148. The van der Waals surface area contributed by atoms with E-state index in [0.29, 0.717) is 24.2 Å². The van der Waals surface area contributed by atoms with Gasteiger partial charge in [-0.15, -0.1) is 0 Å². The first-order valence-corrected chi connectivity index (χ1v) is 10.5. The number of H-pyrrole nitrogens is 2. The summed E-state index contributed by atoms with van der Waals surface area (Å²) in [6.07, 6.45) is 4.48. The summed E-state index contributed by atoms with van der Waals surface area (Å²) in [5.41, 5.74) is 0.730. The quantitative estimate of drug-likeness (QED) is 0.644. The maximum absolute atomic E-state index is 12.9.